The Hall–Kier alpha value is -3.39. The maximum atomic E-state index is 13.4. The van der Waals surface area contributed by atoms with Crippen molar-refractivity contribution in [1.82, 2.24) is 10.2 Å². The zero-order valence-electron chi connectivity index (χ0n) is 20.4. The maximum absolute atomic E-state index is 13.4. The number of carbonyl (C=O) groups is 3. The van der Waals surface area contributed by atoms with Gasteiger partial charge in [-0.15, -0.1) is 0 Å². The predicted octanol–water partition coefficient (Wildman–Crippen LogP) is 3.38. The predicted molar refractivity (Wildman–Crippen MR) is 130 cm³/mol. The lowest BCUT2D eigenvalue weighted by atomic mass is 9.73. The van der Waals surface area contributed by atoms with Crippen LogP contribution in [-0.4, -0.2) is 63.9 Å². The molecule has 2 aromatic rings. The lowest BCUT2D eigenvalue weighted by Crippen LogP contribution is -2.61. The van der Waals surface area contributed by atoms with Crippen LogP contribution in [0.3, 0.4) is 0 Å². The van der Waals surface area contributed by atoms with Crippen LogP contribution < -0.4 is 5.32 Å². The van der Waals surface area contributed by atoms with Gasteiger partial charge < -0.3 is 25.2 Å². The number of carboxylic acids is 1. The number of likely N-dealkylation sites (tertiary alicyclic amines) is 1. The lowest BCUT2D eigenvalue weighted by Gasteiger charge is -2.43. The normalized spacial score (nSPS) is 19.7. The van der Waals surface area contributed by atoms with E-state index in [0.717, 1.165) is 22.3 Å². The summed E-state index contributed by atoms with van der Waals surface area (Å²) in [6.45, 7) is 6.80. The highest BCUT2D eigenvalue weighted by atomic mass is 16.5. The number of aliphatic hydroxyl groups is 1. The van der Waals surface area contributed by atoms with Gasteiger partial charge in [-0.1, -0.05) is 48.5 Å². The molecule has 1 heterocycles. The molecule has 8 nitrogen and oxygen atoms in total. The van der Waals surface area contributed by atoms with Gasteiger partial charge in [0.1, 0.15) is 12.6 Å². The number of carboxylic acid groups (broad SMARTS) is 1. The highest BCUT2D eigenvalue weighted by Gasteiger charge is 2.51. The Morgan fingerprint density at radius 1 is 1.00 bits per heavy atom. The van der Waals surface area contributed by atoms with Gasteiger partial charge in [0.2, 0.25) is 5.91 Å². The van der Waals surface area contributed by atoms with E-state index >= 15 is 0 Å². The van der Waals surface area contributed by atoms with Crippen molar-refractivity contribution in [3.05, 3.63) is 59.7 Å². The minimum Gasteiger partial charge on any atom is -0.480 e. The number of alkyl carbamates (subject to hydrolysis) is 1. The van der Waals surface area contributed by atoms with Crippen LogP contribution in [-0.2, 0) is 14.3 Å². The van der Waals surface area contributed by atoms with E-state index in [1.165, 1.54) is 4.90 Å². The van der Waals surface area contributed by atoms with Gasteiger partial charge in [-0.05, 0) is 49.9 Å². The maximum Gasteiger partial charge on any atom is 0.407 e. The molecule has 0 unspecified atom stereocenters. The molecule has 2 aromatic carbocycles. The van der Waals surface area contributed by atoms with Gasteiger partial charge >= 0.3 is 12.1 Å². The second kappa shape index (κ2) is 9.00. The Kier molecular flexibility index (Phi) is 6.36. The van der Waals surface area contributed by atoms with Crippen molar-refractivity contribution in [2.45, 2.75) is 57.7 Å². The third kappa shape index (κ3) is 4.38. The quantitative estimate of drug-likeness (QED) is 0.584. The van der Waals surface area contributed by atoms with Gasteiger partial charge in [0.15, 0.2) is 0 Å². The molecule has 1 aliphatic carbocycles. The van der Waals surface area contributed by atoms with Crippen molar-refractivity contribution in [3.63, 3.8) is 0 Å². The number of fused-ring (bicyclic) bond motifs is 3. The molecule has 0 saturated carbocycles. The van der Waals surface area contributed by atoms with E-state index < -0.39 is 41.1 Å². The van der Waals surface area contributed by atoms with Crippen LogP contribution in [0.1, 0.15) is 51.2 Å². The molecule has 3 N–H and O–H groups in total. The van der Waals surface area contributed by atoms with Gasteiger partial charge in [-0.3, -0.25) is 4.79 Å². The molecule has 2 aliphatic rings. The first-order chi connectivity index (χ1) is 16.4. The number of nitrogens with one attached hydrogen (secondary N) is 1. The van der Waals surface area contributed by atoms with Crippen molar-refractivity contribution in [3.8, 4) is 11.1 Å². The van der Waals surface area contributed by atoms with Crippen molar-refractivity contribution in [2.75, 3.05) is 13.2 Å². The van der Waals surface area contributed by atoms with Crippen LogP contribution >= 0.6 is 0 Å². The molecule has 0 aromatic heterocycles. The summed E-state index contributed by atoms with van der Waals surface area (Å²) >= 11 is 0. The summed E-state index contributed by atoms with van der Waals surface area (Å²) in [5.41, 5.74) is 2.22. The van der Waals surface area contributed by atoms with Crippen LogP contribution in [0.2, 0.25) is 0 Å². The van der Waals surface area contributed by atoms with Gasteiger partial charge in [0.25, 0.3) is 0 Å². The van der Waals surface area contributed by atoms with E-state index in [4.69, 9.17) is 4.74 Å². The fraction of sp³-hybridized carbons (Fsp3) is 0.444. The van der Waals surface area contributed by atoms with E-state index in [9.17, 15) is 24.6 Å². The molecule has 0 radical (unpaired) electrons. The molecule has 1 saturated heterocycles. The fourth-order valence-electron chi connectivity index (χ4n) is 4.94. The molecule has 2 atom stereocenters. The fourth-order valence-corrected chi connectivity index (χ4v) is 4.94. The second-order valence-electron chi connectivity index (χ2n) is 10.4. The molecule has 186 valence electrons. The number of hydrogen-bond acceptors (Lipinski definition) is 5. The van der Waals surface area contributed by atoms with E-state index in [2.05, 4.69) is 17.4 Å². The third-order valence-electron chi connectivity index (χ3n) is 7.68. The number of benzene rings is 2. The number of ether oxygens (including phenoxy) is 1. The van der Waals surface area contributed by atoms with Crippen molar-refractivity contribution in [2.24, 2.45) is 5.41 Å². The number of nitrogens with zero attached hydrogens (tertiary/aromatic N) is 1. The number of aliphatic hydroxyl groups excluding tert-OH is 1. The summed E-state index contributed by atoms with van der Waals surface area (Å²) in [5, 5.41) is 22.2. The van der Waals surface area contributed by atoms with Crippen molar-refractivity contribution >= 4 is 18.0 Å². The van der Waals surface area contributed by atoms with E-state index in [1.54, 1.807) is 27.7 Å². The molecular formula is C27H32N2O6. The number of amides is 2. The molecule has 0 spiro atoms. The highest BCUT2D eigenvalue weighted by molar-refractivity contribution is 5.89. The van der Waals surface area contributed by atoms with Gasteiger partial charge in [0.05, 0.1) is 17.1 Å². The van der Waals surface area contributed by atoms with Crippen LogP contribution in [0.5, 0.6) is 0 Å². The number of rotatable bonds is 6. The standard InChI is InChI=1S/C27H32N2O6/c1-26(2,24(33)29-14-16(30)13-22(29)23(31)32)27(3,4)28-25(34)35-15-21-19-11-7-5-9-17(19)18-10-6-8-12-20(18)21/h5-12,16,21-22,30H,13-15H2,1-4H3,(H,28,34)(H,31,32)/t16-,22-/m1/s1. The minimum absolute atomic E-state index is 0.0165. The number of aliphatic carboxylic acids is 1. The van der Waals surface area contributed by atoms with E-state index in [0.29, 0.717) is 0 Å². The molecule has 4 rings (SSSR count). The Balaban J connectivity index is 1.45. The third-order valence-corrected chi connectivity index (χ3v) is 7.68. The highest BCUT2D eigenvalue weighted by Crippen LogP contribution is 2.44. The molecule has 2 amide bonds. The summed E-state index contributed by atoms with van der Waals surface area (Å²) in [6.07, 6.45) is -1.57. The average molecular weight is 481 g/mol. The SMILES string of the molecule is CC(C)(NC(=O)OCC1c2ccccc2-c2ccccc21)C(C)(C)C(=O)N1C[C@H](O)C[C@@H]1C(=O)O. The topological polar surface area (TPSA) is 116 Å². The van der Waals surface area contributed by atoms with Crippen LogP contribution in [0.15, 0.2) is 48.5 Å². The average Bonchev–Trinajstić information content (AvgIpc) is 3.35. The molecule has 8 heteroatoms. The van der Waals surface area contributed by atoms with Crippen LogP contribution in [0.4, 0.5) is 4.79 Å². The smallest absolute Gasteiger partial charge is 0.407 e. The Morgan fingerprint density at radius 3 is 2.09 bits per heavy atom. The Labute approximate surface area is 204 Å². The van der Waals surface area contributed by atoms with Crippen LogP contribution in [0.25, 0.3) is 11.1 Å². The molecular weight excluding hydrogens is 448 g/mol. The lowest BCUT2D eigenvalue weighted by molar-refractivity contribution is -0.154. The monoisotopic (exact) mass is 480 g/mol. The summed E-state index contributed by atoms with van der Waals surface area (Å²) in [5.74, 6) is -1.70. The van der Waals surface area contributed by atoms with Gasteiger partial charge in [-0.25, -0.2) is 9.59 Å². The summed E-state index contributed by atoms with van der Waals surface area (Å²) in [7, 11) is 0. The van der Waals surface area contributed by atoms with Crippen LogP contribution in [0, 0.1) is 5.41 Å². The molecule has 1 fully saturated rings. The van der Waals surface area contributed by atoms with Crippen molar-refractivity contribution in [1.29, 1.82) is 0 Å². The van der Waals surface area contributed by atoms with Gasteiger partial charge in [0, 0.05) is 18.9 Å². The molecule has 1 aliphatic heterocycles. The first-order valence-electron chi connectivity index (χ1n) is 11.8. The zero-order chi connectivity index (χ0) is 25.5. The van der Waals surface area contributed by atoms with E-state index in [1.807, 2.05) is 36.4 Å². The summed E-state index contributed by atoms with van der Waals surface area (Å²) in [4.78, 5) is 39.0. The summed E-state index contributed by atoms with van der Waals surface area (Å²) in [6, 6.07) is 15.0. The zero-order valence-corrected chi connectivity index (χ0v) is 20.4. The number of β-amino-alcohol motifs (C(OH)–C–C–N with tert-alkyl or cyclic N) is 1. The van der Waals surface area contributed by atoms with Gasteiger partial charge in [-0.2, -0.15) is 0 Å². The van der Waals surface area contributed by atoms with E-state index in [-0.39, 0.29) is 25.5 Å². The Morgan fingerprint density at radius 2 is 1.54 bits per heavy atom. The minimum atomic E-state index is -1.17. The molecule has 0 bridgehead atoms. The first-order valence-corrected chi connectivity index (χ1v) is 11.8. The second-order valence-corrected chi connectivity index (χ2v) is 10.4. The molecule has 35 heavy (non-hydrogen) atoms. The number of carbonyl (C=O) groups excluding carboxylic acids is 2. The largest absolute Gasteiger partial charge is 0.480 e. The summed E-state index contributed by atoms with van der Waals surface area (Å²) < 4.78 is 5.64. The Bertz CT molecular complexity index is 1110. The first kappa shape index (κ1) is 24.7. The van der Waals surface area contributed by atoms with Crippen molar-refractivity contribution < 1.29 is 29.3 Å². The number of hydrogen-bond donors (Lipinski definition) is 3.